The molecule has 11 heteroatoms. The van der Waals surface area contributed by atoms with E-state index in [0.717, 1.165) is 4.31 Å². The summed E-state index contributed by atoms with van der Waals surface area (Å²) in [5.74, 6) is -1.10. The van der Waals surface area contributed by atoms with Crippen LogP contribution in [-0.4, -0.2) is 45.2 Å². The number of rotatable bonds is 7. The second-order valence-corrected chi connectivity index (χ2v) is 8.38. The highest BCUT2D eigenvalue weighted by Crippen LogP contribution is 2.22. The number of carbonyl (C=O) groups excluding carboxylic acids is 2. The molecule has 1 amide bonds. The van der Waals surface area contributed by atoms with Gasteiger partial charge >= 0.3 is 5.97 Å². The van der Waals surface area contributed by atoms with E-state index in [1.165, 1.54) is 44.4 Å². The lowest BCUT2D eigenvalue weighted by Gasteiger charge is -2.08. The van der Waals surface area contributed by atoms with Crippen LogP contribution < -0.4 is 5.32 Å². The van der Waals surface area contributed by atoms with Gasteiger partial charge in [0.05, 0.1) is 10.0 Å². The lowest BCUT2D eigenvalue weighted by molar-refractivity contribution is -0.144. The molecule has 0 aliphatic heterocycles. The van der Waals surface area contributed by atoms with Crippen LogP contribution in [0.4, 0.5) is 0 Å². The molecule has 1 aromatic heterocycles. The van der Waals surface area contributed by atoms with E-state index in [-0.39, 0.29) is 34.6 Å². The van der Waals surface area contributed by atoms with Crippen LogP contribution >= 0.6 is 23.2 Å². The van der Waals surface area contributed by atoms with Crippen molar-refractivity contribution in [2.45, 2.75) is 11.7 Å². The first-order chi connectivity index (χ1) is 12.6. The highest BCUT2D eigenvalue weighted by Gasteiger charge is 2.21. The average Bonchev–Trinajstić information content (AvgIpc) is 3.09. The number of esters is 1. The van der Waals surface area contributed by atoms with Crippen LogP contribution in [0, 0.1) is 0 Å². The molecule has 0 atom stereocenters. The second-order valence-electron chi connectivity index (χ2n) is 5.48. The Kier molecular flexibility index (Phi) is 6.88. The number of nitrogens with one attached hydrogen (secondary N) is 1. The van der Waals surface area contributed by atoms with Crippen LogP contribution in [0.2, 0.25) is 10.0 Å². The van der Waals surface area contributed by atoms with Gasteiger partial charge in [-0.25, -0.2) is 12.7 Å². The number of hydrogen-bond donors (Lipinski definition) is 1. The Morgan fingerprint density at radius 3 is 2.48 bits per heavy atom. The molecule has 0 radical (unpaired) electrons. The van der Waals surface area contributed by atoms with Gasteiger partial charge in [-0.1, -0.05) is 23.2 Å². The standard InChI is InChI=1S/C16H16Cl2N2O6S/c1-20(2)27(23,24)15-6-4-11(26-15)9-25-14(21)8-19-16(22)10-3-5-12(17)13(18)7-10/h3-7H,8-9H2,1-2H3,(H,19,22). The van der Waals surface area contributed by atoms with Gasteiger partial charge in [-0.3, -0.25) is 9.59 Å². The monoisotopic (exact) mass is 434 g/mol. The Morgan fingerprint density at radius 2 is 1.85 bits per heavy atom. The minimum Gasteiger partial charge on any atom is -0.456 e. The topological polar surface area (TPSA) is 106 Å². The molecule has 146 valence electrons. The molecule has 0 unspecified atom stereocenters. The summed E-state index contributed by atoms with van der Waals surface area (Å²) in [4.78, 5) is 23.7. The van der Waals surface area contributed by atoms with Crippen LogP contribution in [0.5, 0.6) is 0 Å². The molecule has 2 rings (SSSR count). The maximum Gasteiger partial charge on any atom is 0.325 e. The van der Waals surface area contributed by atoms with Crippen LogP contribution in [-0.2, 0) is 26.2 Å². The molecule has 0 bridgehead atoms. The normalized spacial score (nSPS) is 11.4. The van der Waals surface area contributed by atoms with E-state index in [0.29, 0.717) is 5.02 Å². The number of furan rings is 1. The third-order valence-corrected chi connectivity index (χ3v) is 5.75. The molecule has 27 heavy (non-hydrogen) atoms. The number of ether oxygens (including phenoxy) is 1. The van der Waals surface area contributed by atoms with E-state index in [2.05, 4.69) is 5.32 Å². The molecule has 1 N–H and O–H groups in total. The first kappa shape index (κ1) is 21.2. The fourth-order valence-electron chi connectivity index (χ4n) is 1.85. The fourth-order valence-corrected chi connectivity index (χ4v) is 2.96. The van der Waals surface area contributed by atoms with Gasteiger partial charge in [0.2, 0.25) is 5.09 Å². The zero-order chi connectivity index (χ0) is 20.2. The van der Waals surface area contributed by atoms with Crippen LogP contribution in [0.3, 0.4) is 0 Å². The third-order valence-electron chi connectivity index (χ3n) is 3.32. The first-order valence-electron chi connectivity index (χ1n) is 7.51. The predicted octanol–water partition coefficient (Wildman–Crippen LogP) is 2.31. The van der Waals surface area contributed by atoms with Gasteiger partial charge in [0.25, 0.3) is 15.9 Å². The lowest BCUT2D eigenvalue weighted by Crippen LogP contribution is -2.30. The molecule has 2 aromatic rings. The number of hydrogen-bond acceptors (Lipinski definition) is 6. The lowest BCUT2D eigenvalue weighted by atomic mass is 10.2. The Bertz CT molecular complexity index is 956. The smallest absolute Gasteiger partial charge is 0.325 e. The quantitative estimate of drug-likeness (QED) is 0.670. The maximum atomic E-state index is 12.0. The minimum atomic E-state index is -3.70. The molecule has 0 saturated heterocycles. The van der Waals surface area contributed by atoms with Crippen LogP contribution in [0.1, 0.15) is 16.1 Å². The highest BCUT2D eigenvalue weighted by atomic mass is 35.5. The van der Waals surface area contributed by atoms with Gasteiger partial charge in [-0.15, -0.1) is 0 Å². The number of amides is 1. The number of halogens is 2. The van der Waals surface area contributed by atoms with Crippen molar-refractivity contribution < 1.29 is 27.2 Å². The van der Waals surface area contributed by atoms with E-state index in [1.54, 1.807) is 0 Å². The van der Waals surface area contributed by atoms with Gasteiger partial charge in [-0.05, 0) is 30.3 Å². The van der Waals surface area contributed by atoms with Crippen molar-refractivity contribution in [3.8, 4) is 0 Å². The number of nitrogens with zero attached hydrogens (tertiary/aromatic N) is 1. The zero-order valence-electron chi connectivity index (χ0n) is 14.4. The molecule has 1 heterocycles. The zero-order valence-corrected chi connectivity index (χ0v) is 16.7. The molecular formula is C16H16Cl2N2O6S. The average molecular weight is 435 g/mol. The van der Waals surface area contributed by atoms with Crippen molar-refractivity contribution in [3.05, 3.63) is 51.7 Å². The second kappa shape index (κ2) is 8.75. The van der Waals surface area contributed by atoms with Gasteiger partial charge in [0.15, 0.2) is 0 Å². The van der Waals surface area contributed by atoms with E-state index >= 15 is 0 Å². The summed E-state index contributed by atoms with van der Waals surface area (Å²) in [7, 11) is -0.966. The first-order valence-corrected chi connectivity index (χ1v) is 9.71. The van der Waals surface area contributed by atoms with Crippen molar-refractivity contribution >= 4 is 45.1 Å². The van der Waals surface area contributed by atoms with Crippen molar-refractivity contribution in [3.63, 3.8) is 0 Å². The van der Waals surface area contributed by atoms with E-state index in [1.807, 2.05) is 0 Å². The predicted molar refractivity (Wildman–Crippen MR) is 98.2 cm³/mol. The maximum absolute atomic E-state index is 12.0. The fraction of sp³-hybridized carbons (Fsp3) is 0.250. The Hall–Kier alpha value is -2.07. The molecule has 1 aromatic carbocycles. The summed E-state index contributed by atoms with van der Waals surface area (Å²) in [5, 5.41) is 2.64. The van der Waals surface area contributed by atoms with Gasteiger partial charge < -0.3 is 14.5 Å². The largest absolute Gasteiger partial charge is 0.456 e. The molecular weight excluding hydrogens is 419 g/mol. The van der Waals surface area contributed by atoms with Crippen molar-refractivity contribution in [1.82, 2.24) is 9.62 Å². The van der Waals surface area contributed by atoms with Crippen LogP contribution in [0.25, 0.3) is 0 Å². The summed E-state index contributed by atoms with van der Waals surface area (Å²) in [6.07, 6.45) is 0. The SMILES string of the molecule is CN(C)S(=O)(=O)c1ccc(COC(=O)CNC(=O)c2ccc(Cl)c(Cl)c2)o1. The summed E-state index contributed by atoms with van der Waals surface area (Å²) >= 11 is 11.6. The van der Waals surface area contributed by atoms with E-state index < -0.39 is 21.9 Å². The Balaban J connectivity index is 1.85. The summed E-state index contributed by atoms with van der Waals surface area (Å²) in [6.45, 7) is -0.660. The Labute approximate surface area is 166 Å². The van der Waals surface area contributed by atoms with Crippen molar-refractivity contribution in [1.29, 1.82) is 0 Å². The minimum absolute atomic E-state index is 0.152. The summed E-state index contributed by atoms with van der Waals surface area (Å²) in [6, 6.07) is 6.96. The molecule has 0 spiro atoms. The molecule has 0 fully saturated rings. The van der Waals surface area contributed by atoms with Crippen molar-refractivity contribution in [2.24, 2.45) is 0 Å². The summed E-state index contributed by atoms with van der Waals surface area (Å²) in [5.41, 5.74) is 0.238. The molecule has 8 nitrogen and oxygen atoms in total. The number of benzene rings is 1. The van der Waals surface area contributed by atoms with Gasteiger partial charge in [0, 0.05) is 19.7 Å². The highest BCUT2D eigenvalue weighted by molar-refractivity contribution is 7.88. The molecule has 0 saturated carbocycles. The Morgan fingerprint density at radius 1 is 1.15 bits per heavy atom. The van der Waals surface area contributed by atoms with Gasteiger partial charge in [-0.2, -0.15) is 0 Å². The van der Waals surface area contributed by atoms with E-state index in [4.69, 9.17) is 32.4 Å². The van der Waals surface area contributed by atoms with Gasteiger partial charge in [0.1, 0.15) is 18.9 Å². The number of sulfonamides is 1. The molecule has 0 aliphatic rings. The van der Waals surface area contributed by atoms with Crippen LogP contribution in [0.15, 0.2) is 39.8 Å². The van der Waals surface area contributed by atoms with E-state index in [9.17, 15) is 18.0 Å². The third kappa shape index (κ3) is 5.46. The molecule has 0 aliphatic carbocycles. The van der Waals surface area contributed by atoms with Crippen molar-refractivity contribution in [2.75, 3.05) is 20.6 Å². The summed E-state index contributed by atoms with van der Waals surface area (Å²) < 4.78 is 34.9. The number of carbonyl (C=O) groups is 2.